The van der Waals surface area contributed by atoms with Gasteiger partial charge < -0.3 is 20.9 Å². The van der Waals surface area contributed by atoms with Gasteiger partial charge in [-0.25, -0.2) is 27.5 Å². The zero-order valence-electron chi connectivity index (χ0n) is 26.7. The first kappa shape index (κ1) is 37.1. The Labute approximate surface area is 320 Å². The smallest absolute Gasteiger partial charge is 0.260 e. The SMILES string of the molecule is O=C(Nc1ccc(C(=O)N(Cc2ccc(F)c(F)c2)Cc2ccc(F)c(F)c2)c(NCc2ccc(Br)s2)n1)c1cccnc1NCc1ccc(Br)s1. The summed E-state index contributed by atoms with van der Waals surface area (Å²) in [7, 11) is 0. The number of benzene rings is 2. The van der Waals surface area contributed by atoms with Crippen LogP contribution in [0.2, 0.25) is 0 Å². The normalized spacial score (nSPS) is 11.0. The summed E-state index contributed by atoms with van der Waals surface area (Å²) in [5.41, 5.74) is 0.862. The number of carbonyl (C=O) groups excluding carboxylic acids is 2. The molecule has 0 unspecified atom stereocenters. The first-order valence-electron chi connectivity index (χ1n) is 15.4. The van der Waals surface area contributed by atoms with Crippen LogP contribution in [0.4, 0.5) is 35.0 Å². The van der Waals surface area contributed by atoms with Gasteiger partial charge in [0.15, 0.2) is 23.3 Å². The summed E-state index contributed by atoms with van der Waals surface area (Å²) in [4.78, 5) is 40.0. The van der Waals surface area contributed by atoms with Crippen LogP contribution in [0.3, 0.4) is 0 Å². The number of halogens is 6. The molecule has 0 radical (unpaired) electrons. The van der Waals surface area contributed by atoms with Gasteiger partial charge in [0.2, 0.25) is 0 Å². The number of thiophene rings is 2. The largest absolute Gasteiger partial charge is 0.365 e. The van der Waals surface area contributed by atoms with E-state index in [1.165, 1.54) is 40.5 Å². The highest BCUT2D eigenvalue weighted by Crippen LogP contribution is 2.27. The van der Waals surface area contributed by atoms with Crippen LogP contribution in [0.15, 0.2) is 98.7 Å². The van der Waals surface area contributed by atoms with Crippen molar-refractivity contribution in [1.82, 2.24) is 14.9 Å². The summed E-state index contributed by atoms with van der Waals surface area (Å²) < 4.78 is 57.7. The van der Waals surface area contributed by atoms with Crippen LogP contribution >= 0.6 is 54.5 Å². The minimum absolute atomic E-state index is 0.0737. The summed E-state index contributed by atoms with van der Waals surface area (Å²) in [5, 5.41) is 9.15. The second-order valence-corrected chi connectivity index (χ2v) is 16.3. The summed E-state index contributed by atoms with van der Waals surface area (Å²) >= 11 is 9.91. The van der Waals surface area contributed by atoms with E-state index in [-0.39, 0.29) is 53.5 Å². The van der Waals surface area contributed by atoms with Crippen molar-refractivity contribution in [3.8, 4) is 0 Å². The van der Waals surface area contributed by atoms with E-state index < -0.39 is 35.1 Å². The second-order valence-electron chi connectivity index (χ2n) is 11.2. The van der Waals surface area contributed by atoms with Crippen molar-refractivity contribution in [1.29, 1.82) is 0 Å². The Morgan fingerprint density at radius 1 is 0.673 bits per heavy atom. The molecule has 3 N–H and O–H groups in total. The van der Waals surface area contributed by atoms with Crippen molar-refractivity contribution in [2.75, 3.05) is 16.0 Å². The van der Waals surface area contributed by atoms with Crippen molar-refractivity contribution in [2.45, 2.75) is 26.2 Å². The molecule has 8 nitrogen and oxygen atoms in total. The van der Waals surface area contributed by atoms with Gasteiger partial charge in [0.05, 0.1) is 31.8 Å². The van der Waals surface area contributed by atoms with E-state index in [4.69, 9.17) is 0 Å². The number of aromatic nitrogens is 2. The topological polar surface area (TPSA) is 99.3 Å². The molecular weight excluding hydrogens is 848 g/mol. The molecule has 16 heteroatoms. The molecule has 4 heterocycles. The molecule has 0 aliphatic heterocycles. The minimum atomic E-state index is -1.10. The molecule has 0 saturated heterocycles. The summed E-state index contributed by atoms with van der Waals surface area (Å²) in [6, 6.07) is 20.3. The molecule has 6 rings (SSSR count). The van der Waals surface area contributed by atoms with E-state index in [2.05, 4.69) is 57.8 Å². The van der Waals surface area contributed by atoms with E-state index >= 15 is 0 Å². The van der Waals surface area contributed by atoms with Crippen LogP contribution in [-0.2, 0) is 26.2 Å². The van der Waals surface area contributed by atoms with Gasteiger partial charge >= 0.3 is 0 Å². The van der Waals surface area contributed by atoms with Gasteiger partial charge in [-0.1, -0.05) is 12.1 Å². The quantitative estimate of drug-likeness (QED) is 0.100. The zero-order valence-corrected chi connectivity index (χ0v) is 31.5. The third-order valence-electron chi connectivity index (χ3n) is 7.54. The minimum Gasteiger partial charge on any atom is -0.365 e. The van der Waals surface area contributed by atoms with E-state index in [1.807, 2.05) is 24.3 Å². The van der Waals surface area contributed by atoms with Gasteiger partial charge in [-0.15, -0.1) is 22.7 Å². The molecular formula is C36H26Br2F4N6O2S2. The standard InChI is InChI=1S/C36H26Br2F4N6O2S2/c37-30-10-5-22(51-30)16-44-33-24(2-1-13-43-33)35(49)47-32-12-7-25(34(46-32)45-17-23-6-11-31(38)52-23)36(50)48(18-20-3-8-26(39)28(41)14-20)19-21-4-9-27(40)29(42)15-21/h1-15H,16-19H2,(H,43,44)(H2,45,46,47,49). The lowest BCUT2D eigenvalue weighted by Crippen LogP contribution is -2.31. The van der Waals surface area contributed by atoms with Gasteiger partial charge in [-0.3, -0.25) is 9.59 Å². The van der Waals surface area contributed by atoms with E-state index in [1.54, 1.807) is 29.7 Å². The molecule has 0 fully saturated rings. The third-order valence-corrected chi connectivity index (χ3v) is 10.8. The van der Waals surface area contributed by atoms with Gasteiger partial charge in [-0.05, 0) is 116 Å². The number of hydrogen-bond acceptors (Lipinski definition) is 8. The number of nitrogens with one attached hydrogen (secondary N) is 3. The lowest BCUT2D eigenvalue weighted by atomic mass is 10.1. The molecule has 4 aromatic heterocycles. The number of anilines is 3. The Balaban J connectivity index is 1.30. The molecule has 0 bridgehead atoms. The highest BCUT2D eigenvalue weighted by molar-refractivity contribution is 9.11. The highest BCUT2D eigenvalue weighted by Gasteiger charge is 2.23. The van der Waals surface area contributed by atoms with Crippen molar-refractivity contribution in [3.05, 3.63) is 154 Å². The van der Waals surface area contributed by atoms with Gasteiger partial charge in [0, 0.05) is 29.0 Å². The maximum Gasteiger partial charge on any atom is 0.260 e. The first-order valence-corrected chi connectivity index (χ1v) is 18.6. The predicted octanol–water partition coefficient (Wildman–Crippen LogP) is 10.0. The fourth-order valence-corrected chi connectivity index (χ4v) is 7.92. The van der Waals surface area contributed by atoms with Crippen molar-refractivity contribution in [3.63, 3.8) is 0 Å². The molecule has 266 valence electrons. The van der Waals surface area contributed by atoms with E-state index in [0.29, 0.717) is 12.4 Å². The van der Waals surface area contributed by atoms with Crippen molar-refractivity contribution < 1.29 is 27.2 Å². The number of nitrogens with zero attached hydrogens (tertiary/aromatic N) is 3. The maximum atomic E-state index is 14.3. The maximum absolute atomic E-state index is 14.3. The summed E-state index contributed by atoms with van der Waals surface area (Å²) in [6.45, 7) is 0.304. The van der Waals surface area contributed by atoms with E-state index in [0.717, 1.165) is 41.6 Å². The highest BCUT2D eigenvalue weighted by atomic mass is 79.9. The third kappa shape index (κ3) is 9.42. The number of amides is 2. The Morgan fingerprint density at radius 3 is 1.79 bits per heavy atom. The van der Waals surface area contributed by atoms with Gasteiger partial charge in [0.1, 0.15) is 17.5 Å². The molecule has 0 spiro atoms. The Bertz CT molecular complexity index is 2200. The van der Waals surface area contributed by atoms with Crippen LogP contribution < -0.4 is 16.0 Å². The van der Waals surface area contributed by atoms with Gasteiger partial charge in [-0.2, -0.15) is 0 Å². The summed E-state index contributed by atoms with van der Waals surface area (Å²) in [5.74, 6) is -4.81. The molecule has 6 aromatic rings. The second kappa shape index (κ2) is 16.8. The molecule has 0 aliphatic rings. The Morgan fingerprint density at radius 2 is 1.25 bits per heavy atom. The average Bonchev–Trinajstić information content (AvgIpc) is 3.76. The molecule has 52 heavy (non-hydrogen) atoms. The Kier molecular flexibility index (Phi) is 12.0. The van der Waals surface area contributed by atoms with Crippen LogP contribution in [0, 0.1) is 23.3 Å². The zero-order chi connectivity index (χ0) is 36.8. The lowest BCUT2D eigenvalue weighted by Gasteiger charge is -2.25. The number of pyridine rings is 2. The Hall–Kier alpha value is -4.64. The fraction of sp³-hybridized carbons (Fsp3) is 0.111. The molecule has 0 aliphatic carbocycles. The predicted molar refractivity (Wildman–Crippen MR) is 201 cm³/mol. The molecule has 0 atom stereocenters. The van der Waals surface area contributed by atoms with Crippen LogP contribution in [0.5, 0.6) is 0 Å². The average molecular weight is 875 g/mol. The molecule has 2 aromatic carbocycles. The molecule has 2 amide bonds. The molecule has 0 saturated carbocycles. The number of carbonyl (C=O) groups is 2. The number of rotatable bonds is 13. The van der Waals surface area contributed by atoms with Gasteiger partial charge in [0.25, 0.3) is 11.8 Å². The van der Waals surface area contributed by atoms with Crippen LogP contribution in [-0.4, -0.2) is 26.7 Å². The monoisotopic (exact) mass is 872 g/mol. The first-order chi connectivity index (χ1) is 25.0. The fourth-order valence-electron chi connectivity index (χ4n) is 5.07. The van der Waals surface area contributed by atoms with Crippen molar-refractivity contribution in [2.24, 2.45) is 0 Å². The number of hydrogen-bond donors (Lipinski definition) is 3. The van der Waals surface area contributed by atoms with Crippen LogP contribution in [0.25, 0.3) is 0 Å². The van der Waals surface area contributed by atoms with Crippen molar-refractivity contribution >= 4 is 83.8 Å². The summed E-state index contributed by atoms with van der Waals surface area (Å²) in [6.07, 6.45) is 1.57. The van der Waals surface area contributed by atoms with E-state index in [9.17, 15) is 27.2 Å². The lowest BCUT2D eigenvalue weighted by molar-refractivity contribution is 0.0730. The van der Waals surface area contributed by atoms with Crippen LogP contribution in [0.1, 0.15) is 41.6 Å².